The van der Waals surface area contributed by atoms with Crippen LogP contribution in [0.2, 0.25) is 0 Å². The van der Waals surface area contributed by atoms with Gasteiger partial charge in [-0.3, -0.25) is 4.79 Å². The molecule has 1 rings (SSSR count). The Labute approximate surface area is 147 Å². The lowest BCUT2D eigenvalue weighted by atomic mass is 10.2. The Morgan fingerprint density at radius 2 is 1.83 bits per heavy atom. The SMILES string of the molecule is CNC(=S)[C@H](CC(=O)OCc1ccccc1)NC(=O)OC(C)(C)C. The van der Waals surface area contributed by atoms with Crippen molar-refractivity contribution in [2.75, 3.05) is 7.05 Å². The van der Waals surface area contributed by atoms with Gasteiger partial charge in [-0.15, -0.1) is 0 Å². The van der Waals surface area contributed by atoms with Crippen molar-refractivity contribution in [3.05, 3.63) is 35.9 Å². The zero-order chi connectivity index (χ0) is 18.2. The summed E-state index contributed by atoms with van der Waals surface area (Å²) in [6, 6.07) is 8.66. The van der Waals surface area contributed by atoms with Gasteiger partial charge >= 0.3 is 12.1 Å². The van der Waals surface area contributed by atoms with Crippen molar-refractivity contribution in [3.8, 4) is 0 Å². The topological polar surface area (TPSA) is 76.7 Å². The average Bonchev–Trinajstić information content (AvgIpc) is 2.50. The van der Waals surface area contributed by atoms with Crippen molar-refractivity contribution >= 4 is 29.3 Å². The fraction of sp³-hybridized carbons (Fsp3) is 0.471. The van der Waals surface area contributed by atoms with Gasteiger partial charge in [0, 0.05) is 7.05 Å². The quantitative estimate of drug-likeness (QED) is 0.605. The number of nitrogens with one attached hydrogen (secondary N) is 2. The molecule has 1 amide bonds. The number of alkyl carbamates (subject to hydrolysis) is 1. The fourth-order valence-corrected chi connectivity index (χ4v) is 1.94. The molecular formula is C17H24N2O4S. The summed E-state index contributed by atoms with van der Waals surface area (Å²) in [7, 11) is 1.63. The molecule has 0 saturated carbocycles. The second-order valence-electron chi connectivity index (χ2n) is 6.16. The number of amides is 1. The summed E-state index contributed by atoms with van der Waals surface area (Å²) in [5.74, 6) is -0.461. The molecule has 6 nitrogen and oxygen atoms in total. The van der Waals surface area contributed by atoms with E-state index in [0.29, 0.717) is 4.99 Å². The normalized spacial score (nSPS) is 12.0. The Bertz CT molecular complexity index is 570. The van der Waals surface area contributed by atoms with Crippen molar-refractivity contribution < 1.29 is 19.1 Å². The minimum atomic E-state index is -0.692. The van der Waals surface area contributed by atoms with Crippen LogP contribution in [-0.4, -0.2) is 35.7 Å². The zero-order valence-corrected chi connectivity index (χ0v) is 15.2. The summed E-state index contributed by atoms with van der Waals surface area (Å²) in [5, 5.41) is 5.35. The number of esters is 1. The lowest BCUT2D eigenvalue weighted by Crippen LogP contribution is -2.47. The molecule has 0 unspecified atom stereocenters. The number of carbonyl (C=O) groups excluding carboxylic acids is 2. The number of likely N-dealkylation sites (N-methyl/N-ethyl adjacent to an activating group) is 1. The van der Waals surface area contributed by atoms with Crippen LogP contribution in [0.4, 0.5) is 4.79 Å². The third kappa shape index (κ3) is 7.92. The second kappa shape index (κ2) is 9.22. The van der Waals surface area contributed by atoms with Crippen LogP contribution in [0.5, 0.6) is 0 Å². The van der Waals surface area contributed by atoms with Gasteiger partial charge in [0.05, 0.1) is 17.5 Å². The Balaban J connectivity index is 2.57. The fourth-order valence-electron chi connectivity index (χ4n) is 1.80. The van der Waals surface area contributed by atoms with E-state index in [-0.39, 0.29) is 13.0 Å². The van der Waals surface area contributed by atoms with Gasteiger partial charge < -0.3 is 20.1 Å². The first-order valence-corrected chi connectivity index (χ1v) is 8.03. The minimum absolute atomic E-state index is 0.0776. The average molecular weight is 352 g/mol. The van der Waals surface area contributed by atoms with Crippen LogP contribution < -0.4 is 10.6 Å². The molecule has 0 spiro atoms. The number of benzene rings is 1. The van der Waals surface area contributed by atoms with E-state index in [2.05, 4.69) is 10.6 Å². The van der Waals surface area contributed by atoms with Crippen LogP contribution in [0.25, 0.3) is 0 Å². The number of hydrogen-bond donors (Lipinski definition) is 2. The maximum absolute atomic E-state index is 12.0. The maximum atomic E-state index is 12.0. The highest BCUT2D eigenvalue weighted by Crippen LogP contribution is 2.08. The highest BCUT2D eigenvalue weighted by Gasteiger charge is 2.24. The van der Waals surface area contributed by atoms with Crippen LogP contribution in [0.1, 0.15) is 32.8 Å². The van der Waals surface area contributed by atoms with Gasteiger partial charge in [0.15, 0.2) is 0 Å². The third-order valence-corrected chi connectivity index (χ3v) is 3.36. The van der Waals surface area contributed by atoms with Gasteiger partial charge in [-0.05, 0) is 26.3 Å². The molecular weight excluding hydrogens is 328 g/mol. The highest BCUT2D eigenvalue weighted by atomic mass is 32.1. The lowest BCUT2D eigenvalue weighted by Gasteiger charge is -2.23. The van der Waals surface area contributed by atoms with Crippen LogP contribution in [0.15, 0.2) is 30.3 Å². The summed E-state index contributed by atoms with van der Waals surface area (Å²) in [6.45, 7) is 5.44. The van der Waals surface area contributed by atoms with Gasteiger partial charge in [-0.2, -0.15) is 0 Å². The molecule has 1 atom stereocenters. The Kier molecular flexibility index (Phi) is 7.64. The molecule has 1 aromatic carbocycles. The molecule has 0 bridgehead atoms. The molecule has 0 aromatic heterocycles. The van der Waals surface area contributed by atoms with E-state index >= 15 is 0 Å². The first-order chi connectivity index (χ1) is 11.2. The van der Waals surface area contributed by atoms with Crippen LogP contribution in [0, 0.1) is 0 Å². The van der Waals surface area contributed by atoms with Gasteiger partial charge in [0.1, 0.15) is 12.2 Å². The number of ether oxygens (including phenoxy) is 2. The number of hydrogen-bond acceptors (Lipinski definition) is 5. The summed E-state index contributed by atoms with van der Waals surface area (Å²) in [4.78, 5) is 24.2. The predicted octanol–water partition coefficient (Wildman–Crippen LogP) is 2.56. The molecule has 0 fully saturated rings. The molecule has 7 heteroatoms. The molecule has 0 saturated heterocycles. The molecule has 24 heavy (non-hydrogen) atoms. The smallest absolute Gasteiger partial charge is 0.408 e. The largest absolute Gasteiger partial charge is 0.461 e. The molecule has 0 aliphatic carbocycles. The van der Waals surface area contributed by atoms with E-state index < -0.39 is 23.7 Å². The van der Waals surface area contributed by atoms with E-state index in [0.717, 1.165) is 5.56 Å². The van der Waals surface area contributed by atoms with E-state index in [1.54, 1.807) is 27.8 Å². The Hall–Kier alpha value is -2.15. The van der Waals surface area contributed by atoms with Gasteiger partial charge in [-0.1, -0.05) is 42.5 Å². The summed E-state index contributed by atoms with van der Waals surface area (Å²) >= 11 is 5.14. The van der Waals surface area contributed by atoms with Gasteiger partial charge in [0.25, 0.3) is 0 Å². The molecule has 2 N–H and O–H groups in total. The molecule has 0 radical (unpaired) electrons. The van der Waals surface area contributed by atoms with E-state index in [4.69, 9.17) is 21.7 Å². The lowest BCUT2D eigenvalue weighted by molar-refractivity contribution is -0.145. The van der Waals surface area contributed by atoms with Crippen molar-refractivity contribution in [2.24, 2.45) is 0 Å². The maximum Gasteiger partial charge on any atom is 0.408 e. The van der Waals surface area contributed by atoms with E-state index in [1.807, 2.05) is 30.3 Å². The van der Waals surface area contributed by atoms with Crippen molar-refractivity contribution in [3.63, 3.8) is 0 Å². The number of rotatable bonds is 6. The molecule has 1 aromatic rings. The van der Waals surface area contributed by atoms with Crippen molar-refractivity contribution in [1.29, 1.82) is 0 Å². The minimum Gasteiger partial charge on any atom is -0.461 e. The number of carbonyl (C=O) groups is 2. The summed E-state index contributed by atoms with van der Waals surface area (Å²) in [5.41, 5.74) is 0.252. The van der Waals surface area contributed by atoms with Crippen LogP contribution in [0.3, 0.4) is 0 Å². The summed E-state index contributed by atoms with van der Waals surface area (Å²) in [6.07, 6.45) is -0.716. The Morgan fingerprint density at radius 3 is 2.38 bits per heavy atom. The van der Waals surface area contributed by atoms with E-state index in [1.165, 1.54) is 0 Å². The van der Waals surface area contributed by atoms with Crippen molar-refractivity contribution in [2.45, 2.75) is 45.4 Å². The molecule has 0 aliphatic rings. The monoisotopic (exact) mass is 352 g/mol. The predicted molar refractivity (Wildman–Crippen MR) is 95.7 cm³/mol. The van der Waals surface area contributed by atoms with Gasteiger partial charge in [0.2, 0.25) is 0 Å². The van der Waals surface area contributed by atoms with E-state index in [9.17, 15) is 9.59 Å². The standard InChI is InChI=1S/C17H24N2O4S/c1-17(2,3)23-16(21)19-13(15(24)18-4)10-14(20)22-11-12-8-6-5-7-9-12/h5-9,13H,10-11H2,1-4H3,(H,18,24)(H,19,21)/t13-/m0/s1. The molecule has 0 aliphatic heterocycles. The first-order valence-electron chi connectivity index (χ1n) is 7.62. The van der Waals surface area contributed by atoms with Crippen LogP contribution in [-0.2, 0) is 20.9 Å². The molecule has 0 heterocycles. The van der Waals surface area contributed by atoms with Gasteiger partial charge in [-0.25, -0.2) is 4.79 Å². The third-order valence-electron chi connectivity index (χ3n) is 2.87. The summed E-state index contributed by atoms with van der Waals surface area (Å²) < 4.78 is 10.4. The molecule has 132 valence electrons. The zero-order valence-electron chi connectivity index (χ0n) is 14.4. The van der Waals surface area contributed by atoms with Crippen molar-refractivity contribution in [1.82, 2.24) is 10.6 Å². The number of thiocarbonyl (C=S) groups is 1. The highest BCUT2D eigenvalue weighted by molar-refractivity contribution is 7.80. The second-order valence-corrected chi connectivity index (χ2v) is 6.60. The Morgan fingerprint density at radius 1 is 1.21 bits per heavy atom. The van der Waals surface area contributed by atoms with Crippen LogP contribution >= 0.6 is 12.2 Å². The first kappa shape index (κ1) is 19.9.